The number of carbonyl (C=O) groups is 2. The first kappa shape index (κ1) is 13.9. The van der Waals surface area contributed by atoms with Crippen LogP contribution in [0.3, 0.4) is 0 Å². The van der Waals surface area contributed by atoms with Gasteiger partial charge in [-0.2, -0.15) is 0 Å². The average Bonchev–Trinajstić information content (AvgIpc) is 2.32. The van der Waals surface area contributed by atoms with E-state index in [2.05, 4.69) is 15.9 Å². The second kappa shape index (κ2) is 5.61. The molecule has 1 aliphatic rings. The molecule has 0 aromatic heterocycles. The molecule has 6 heteroatoms. The third-order valence-electron chi connectivity index (χ3n) is 3.11. The lowest BCUT2D eigenvalue weighted by Crippen LogP contribution is -2.50. The predicted octanol–water partition coefficient (Wildman–Crippen LogP) is 2.00. The Hall–Kier alpha value is -1.56. The van der Waals surface area contributed by atoms with Crippen LogP contribution >= 0.6 is 15.9 Å². The molecule has 0 unspecified atom stereocenters. The van der Waals surface area contributed by atoms with Crippen LogP contribution in [0.5, 0.6) is 5.75 Å². The van der Waals surface area contributed by atoms with E-state index in [0.717, 1.165) is 4.47 Å². The first-order valence-corrected chi connectivity index (χ1v) is 6.65. The molecule has 1 aliphatic heterocycles. The fraction of sp³-hybridized carbons (Fsp3) is 0.385. The van der Waals surface area contributed by atoms with Crippen molar-refractivity contribution in [3.63, 3.8) is 0 Å². The molecule has 5 nitrogen and oxygen atoms in total. The molecule has 1 aromatic rings. The minimum atomic E-state index is -0.815. The van der Waals surface area contributed by atoms with Gasteiger partial charge in [0.05, 0.1) is 18.0 Å². The number of methoxy groups -OCH3 is 1. The molecule has 0 aliphatic carbocycles. The van der Waals surface area contributed by atoms with E-state index >= 15 is 0 Å². The Morgan fingerprint density at radius 1 is 1.47 bits per heavy atom. The number of halogens is 1. The zero-order valence-corrected chi connectivity index (χ0v) is 12.0. The number of aliphatic carboxylic acids is 1. The van der Waals surface area contributed by atoms with Gasteiger partial charge in [0.1, 0.15) is 5.75 Å². The van der Waals surface area contributed by atoms with Gasteiger partial charge >= 0.3 is 5.97 Å². The van der Waals surface area contributed by atoms with Crippen molar-refractivity contribution >= 4 is 27.8 Å². The summed E-state index contributed by atoms with van der Waals surface area (Å²) in [4.78, 5) is 24.3. The zero-order chi connectivity index (χ0) is 14.0. The minimum absolute atomic E-state index is 0.0724. The second-order valence-corrected chi connectivity index (χ2v) is 5.38. The standard InChI is InChI=1S/C13H14BrNO4/c1-19-11-3-2-9(5-10(11)14)13(18)15-6-8(7-15)4-12(16)17/h2-3,5,8H,4,6-7H2,1H3,(H,16,17). The summed E-state index contributed by atoms with van der Waals surface area (Å²) in [5.41, 5.74) is 0.571. The number of carbonyl (C=O) groups excluding carboxylic acids is 1. The summed E-state index contributed by atoms with van der Waals surface area (Å²) in [6.07, 6.45) is 0.121. The molecular formula is C13H14BrNO4. The lowest BCUT2D eigenvalue weighted by atomic mass is 9.95. The summed E-state index contributed by atoms with van der Waals surface area (Å²) in [6.45, 7) is 1.02. The van der Waals surface area contributed by atoms with Crippen LogP contribution in [0.1, 0.15) is 16.8 Å². The number of nitrogens with zero attached hydrogens (tertiary/aromatic N) is 1. The molecule has 0 atom stereocenters. The van der Waals surface area contributed by atoms with Crippen LogP contribution in [0, 0.1) is 5.92 Å². The molecular weight excluding hydrogens is 314 g/mol. The van der Waals surface area contributed by atoms with Gasteiger partial charge in [0.2, 0.25) is 0 Å². The molecule has 0 radical (unpaired) electrons. The fourth-order valence-electron chi connectivity index (χ4n) is 2.09. The number of benzene rings is 1. The van der Waals surface area contributed by atoms with Crippen LogP contribution in [-0.4, -0.2) is 42.1 Å². The van der Waals surface area contributed by atoms with Gasteiger partial charge in [0, 0.05) is 24.6 Å². The predicted molar refractivity (Wildman–Crippen MR) is 72.3 cm³/mol. The molecule has 1 fully saturated rings. The maximum Gasteiger partial charge on any atom is 0.303 e. The molecule has 1 aromatic carbocycles. The van der Waals surface area contributed by atoms with Gasteiger partial charge < -0.3 is 14.7 Å². The van der Waals surface area contributed by atoms with Crippen LogP contribution in [0.25, 0.3) is 0 Å². The van der Waals surface area contributed by atoms with E-state index in [0.29, 0.717) is 24.4 Å². The quantitative estimate of drug-likeness (QED) is 0.918. The highest BCUT2D eigenvalue weighted by Crippen LogP contribution is 2.28. The van der Waals surface area contributed by atoms with Crippen molar-refractivity contribution in [2.24, 2.45) is 5.92 Å². The summed E-state index contributed by atoms with van der Waals surface area (Å²) in [5.74, 6) is -0.152. The SMILES string of the molecule is COc1ccc(C(=O)N2CC(CC(=O)O)C2)cc1Br. The van der Waals surface area contributed by atoms with E-state index in [4.69, 9.17) is 9.84 Å². The third kappa shape index (κ3) is 3.07. The normalized spacial score (nSPS) is 14.9. The van der Waals surface area contributed by atoms with Crippen molar-refractivity contribution in [3.8, 4) is 5.75 Å². The average molecular weight is 328 g/mol. The summed E-state index contributed by atoms with van der Waals surface area (Å²) in [6, 6.07) is 5.15. The molecule has 102 valence electrons. The highest BCUT2D eigenvalue weighted by Gasteiger charge is 2.32. The Morgan fingerprint density at radius 2 is 2.16 bits per heavy atom. The number of amides is 1. The molecule has 0 spiro atoms. The minimum Gasteiger partial charge on any atom is -0.496 e. The monoisotopic (exact) mass is 327 g/mol. The van der Waals surface area contributed by atoms with Crippen LogP contribution in [0.2, 0.25) is 0 Å². The number of carboxylic acids is 1. The van der Waals surface area contributed by atoms with Gasteiger partial charge in [-0.1, -0.05) is 0 Å². The Kier molecular flexibility index (Phi) is 4.09. The zero-order valence-electron chi connectivity index (χ0n) is 10.4. The van der Waals surface area contributed by atoms with Crippen molar-refractivity contribution in [2.75, 3.05) is 20.2 Å². The van der Waals surface area contributed by atoms with Crippen LogP contribution in [0.4, 0.5) is 0 Å². The van der Waals surface area contributed by atoms with E-state index in [1.54, 1.807) is 30.2 Å². The lowest BCUT2D eigenvalue weighted by Gasteiger charge is -2.38. The molecule has 0 saturated carbocycles. The first-order valence-electron chi connectivity index (χ1n) is 5.86. The molecule has 1 heterocycles. The highest BCUT2D eigenvalue weighted by molar-refractivity contribution is 9.10. The van der Waals surface area contributed by atoms with Crippen molar-refractivity contribution in [1.82, 2.24) is 4.90 Å². The maximum atomic E-state index is 12.1. The maximum absolute atomic E-state index is 12.1. The van der Waals surface area contributed by atoms with E-state index in [1.807, 2.05) is 0 Å². The topological polar surface area (TPSA) is 66.8 Å². The number of likely N-dealkylation sites (tertiary alicyclic amines) is 1. The van der Waals surface area contributed by atoms with Gasteiger partial charge in [0.15, 0.2) is 0 Å². The summed E-state index contributed by atoms with van der Waals surface area (Å²) in [5, 5.41) is 8.66. The molecule has 1 saturated heterocycles. The Morgan fingerprint density at radius 3 is 2.68 bits per heavy atom. The third-order valence-corrected chi connectivity index (χ3v) is 3.73. The number of rotatable bonds is 4. The fourth-order valence-corrected chi connectivity index (χ4v) is 2.63. The Balaban J connectivity index is 1.98. The largest absolute Gasteiger partial charge is 0.496 e. The smallest absolute Gasteiger partial charge is 0.303 e. The van der Waals surface area contributed by atoms with Gasteiger partial charge in [-0.3, -0.25) is 9.59 Å². The van der Waals surface area contributed by atoms with Gasteiger partial charge in [-0.25, -0.2) is 0 Å². The molecule has 1 N–H and O–H groups in total. The summed E-state index contributed by atoms with van der Waals surface area (Å²) < 4.78 is 5.83. The number of hydrogen-bond donors (Lipinski definition) is 1. The number of ether oxygens (including phenoxy) is 1. The highest BCUT2D eigenvalue weighted by atomic mass is 79.9. The van der Waals surface area contributed by atoms with Crippen molar-refractivity contribution in [3.05, 3.63) is 28.2 Å². The van der Waals surface area contributed by atoms with E-state index in [-0.39, 0.29) is 18.2 Å². The van der Waals surface area contributed by atoms with E-state index in [9.17, 15) is 9.59 Å². The molecule has 0 bridgehead atoms. The molecule has 2 rings (SSSR count). The lowest BCUT2D eigenvalue weighted by molar-refractivity contribution is -0.139. The second-order valence-electron chi connectivity index (χ2n) is 4.52. The summed E-state index contributed by atoms with van der Waals surface area (Å²) in [7, 11) is 1.56. The van der Waals surface area contributed by atoms with Crippen molar-refractivity contribution < 1.29 is 19.4 Å². The van der Waals surface area contributed by atoms with Crippen LogP contribution in [-0.2, 0) is 4.79 Å². The number of carboxylic acid groups (broad SMARTS) is 1. The van der Waals surface area contributed by atoms with Gasteiger partial charge in [-0.05, 0) is 34.1 Å². The van der Waals surface area contributed by atoms with Crippen LogP contribution in [0.15, 0.2) is 22.7 Å². The van der Waals surface area contributed by atoms with Gasteiger partial charge in [-0.15, -0.1) is 0 Å². The van der Waals surface area contributed by atoms with Gasteiger partial charge in [0.25, 0.3) is 5.91 Å². The van der Waals surface area contributed by atoms with Crippen molar-refractivity contribution in [2.45, 2.75) is 6.42 Å². The molecule has 1 amide bonds. The molecule has 19 heavy (non-hydrogen) atoms. The number of hydrogen-bond acceptors (Lipinski definition) is 3. The van der Waals surface area contributed by atoms with E-state index in [1.165, 1.54) is 0 Å². The first-order chi connectivity index (χ1) is 9.01. The summed E-state index contributed by atoms with van der Waals surface area (Å²) >= 11 is 3.34. The Labute approximate surface area is 119 Å². The van der Waals surface area contributed by atoms with E-state index < -0.39 is 5.97 Å². The van der Waals surface area contributed by atoms with Crippen LogP contribution < -0.4 is 4.74 Å². The Bertz CT molecular complexity index is 511. The van der Waals surface area contributed by atoms with Crippen molar-refractivity contribution in [1.29, 1.82) is 0 Å².